The molecule has 0 saturated carbocycles. The first kappa shape index (κ1) is 25.5. The molecule has 1 aliphatic rings. The van der Waals surface area contributed by atoms with E-state index in [1.165, 1.54) is 0 Å². The monoisotopic (exact) mass is 489 g/mol. The van der Waals surface area contributed by atoms with Crippen molar-refractivity contribution >= 4 is 36.7 Å². The molecule has 1 aliphatic heterocycles. The third kappa shape index (κ3) is 6.06. The summed E-state index contributed by atoms with van der Waals surface area (Å²) >= 11 is 0. The molecular formula is C24H29F2N3O4Si. The highest BCUT2D eigenvalue weighted by molar-refractivity contribution is 6.88. The van der Waals surface area contributed by atoms with E-state index in [-0.39, 0.29) is 29.7 Å². The Morgan fingerprint density at radius 3 is 2.26 bits per heavy atom. The second-order valence-corrected chi connectivity index (χ2v) is 14.4. The summed E-state index contributed by atoms with van der Waals surface area (Å²) in [7, 11) is -0.716. The van der Waals surface area contributed by atoms with Crippen molar-refractivity contribution in [3.05, 3.63) is 59.2 Å². The number of benzene rings is 2. The Hall–Kier alpha value is -3.11. The fourth-order valence-corrected chi connectivity index (χ4v) is 5.48. The molecule has 1 saturated heterocycles. The average molecular weight is 490 g/mol. The number of nitrogens with one attached hydrogen (secondary N) is 3. The van der Waals surface area contributed by atoms with Gasteiger partial charge < -0.3 is 20.7 Å². The standard InChI is InChI=1S/C24H29F2N3O4Si/c1-33-13-14-5-7-15(8-6-14)21(29-23(31)16-9-20(30)27-12-16)24(32)28-17-10-18(25)22(19(26)11-17)34(2,3)4/h5-8,10-11,16,21H,9,12-13H2,1-4H3,(H,27,30)(H,28,32)(H,29,31)/t16-,21-/m1/s1. The molecule has 7 nitrogen and oxygen atoms in total. The van der Waals surface area contributed by atoms with Crippen molar-refractivity contribution in [2.45, 2.75) is 38.7 Å². The molecule has 0 aliphatic carbocycles. The van der Waals surface area contributed by atoms with Crippen LogP contribution in [0.15, 0.2) is 36.4 Å². The maximum Gasteiger partial charge on any atom is 0.251 e. The molecule has 0 aromatic heterocycles. The van der Waals surface area contributed by atoms with Crippen LogP contribution in [0.25, 0.3) is 0 Å². The first-order valence-corrected chi connectivity index (χ1v) is 14.4. The molecule has 0 bridgehead atoms. The number of hydrogen-bond acceptors (Lipinski definition) is 4. The minimum atomic E-state index is -2.28. The fourth-order valence-electron chi connectivity index (χ4n) is 3.90. The smallest absolute Gasteiger partial charge is 0.251 e. The largest absolute Gasteiger partial charge is 0.380 e. The van der Waals surface area contributed by atoms with Crippen LogP contribution >= 0.6 is 0 Å². The summed E-state index contributed by atoms with van der Waals surface area (Å²) in [4.78, 5) is 37.4. The van der Waals surface area contributed by atoms with E-state index in [4.69, 9.17) is 4.74 Å². The van der Waals surface area contributed by atoms with Gasteiger partial charge >= 0.3 is 0 Å². The SMILES string of the molecule is COCc1ccc([C@@H](NC(=O)[C@H]2CNC(=O)C2)C(=O)Nc2cc(F)c([Si](C)(C)C)c(F)c2)cc1. The Labute approximate surface area is 198 Å². The van der Waals surface area contributed by atoms with Gasteiger partial charge in [-0.15, -0.1) is 0 Å². The van der Waals surface area contributed by atoms with E-state index in [1.54, 1.807) is 31.4 Å². The predicted octanol–water partition coefficient (Wildman–Crippen LogP) is 2.59. The molecule has 10 heteroatoms. The van der Waals surface area contributed by atoms with Gasteiger partial charge in [0.2, 0.25) is 11.8 Å². The molecule has 1 heterocycles. The van der Waals surface area contributed by atoms with E-state index in [9.17, 15) is 23.2 Å². The van der Waals surface area contributed by atoms with Crippen molar-refractivity contribution in [2.75, 3.05) is 19.0 Å². The molecule has 3 amide bonds. The highest BCUT2D eigenvalue weighted by Crippen LogP contribution is 2.21. The highest BCUT2D eigenvalue weighted by atomic mass is 28.3. The number of rotatable bonds is 8. The maximum atomic E-state index is 14.7. The first-order chi connectivity index (χ1) is 16.0. The zero-order chi connectivity index (χ0) is 25.0. The Bertz CT molecular complexity index is 1060. The number of carbonyl (C=O) groups excluding carboxylic acids is 3. The number of anilines is 1. The molecule has 1 fully saturated rings. The summed E-state index contributed by atoms with van der Waals surface area (Å²) < 4.78 is 34.4. The van der Waals surface area contributed by atoms with Crippen molar-refractivity contribution in [3.63, 3.8) is 0 Å². The molecule has 2 atom stereocenters. The molecule has 0 radical (unpaired) electrons. The van der Waals surface area contributed by atoms with Gasteiger partial charge in [0.15, 0.2) is 0 Å². The third-order valence-electron chi connectivity index (χ3n) is 5.58. The number of halogens is 2. The molecule has 3 rings (SSSR count). The highest BCUT2D eigenvalue weighted by Gasteiger charge is 2.32. The number of ether oxygens (including phenoxy) is 1. The lowest BCUT2D eigenvalue weighted by Gasteiger charge is -2.22. The molecule has 182 valence electrons. The quantitative estimate of drug-likeness (QED) is 0.497. The molecule has 3 N–H and O–H groups in total. The minimum absolute atomic E-state index is 0.0293. The first-order valence-electron chi connectivity index (χ1n) is 10.9. The third-order valence-corrected chi connectivity index (χ3v) is 7.56. The van der Waals surface area contributed by atoms with E-state index < -0.39 is 43.5 Å². The number of methoxy groups -OCH3 is 1. The summed E-state index contributed by atoms with van der Waals surface area (Å²) in [5.41, 5.74) is 1.30. The van der Waals surface area contributed by atoms with Crippen molar-refractivity contribution in [1.82, 2.24) is 10.6 Å². The molecule has 2 aromatic rings. The van der Waals surface area contributed by atoms with Gasteiger partial charge in [-0.3, -0.25) is 14.4 Å². The summed E-state index contributed by atoms with van der Waals surface area (Å²) in [5.74, 6) is -3.40. The minimum Gasteiger partial charge on any atom is -0.380 e. The summed E-state index contributed by atoms with van der Waals surface area (Å²) in [6.45, 7) is 6.04. The van der Waals surface area contributed by atoms with Gasteiger partial charge in [-0.25, -0.2) is 8.78 Å². The fraction of sp³-hybridized carbons (Fsp3) is 0.375. The molecular weight excluding hydrogens is 460 g/mol. The van der Waals surface area contributed by atoms with Crippen LogP contribution in [0.3, 0.4) is 0 Å². The zero-order valence-electron chi connectivity index (χ0n) is 19.6. The molecule has 2 aromatic carbocycles. The number of hydrogen-bond donors (Lipinski definition) is 3. The van der Waals surface area contributed by atoms with Gasteiger partial charge in [-0.2, -0.15) is 0 Å². The van der Waals surface area contributed by atoms with Gasteiger partial charge in [0.25, 0.3) is 5.91 Å². The van der Waals surface area contributed by atoms with E-state index in [0.29, 0.717) is 12.2 Å². The summed E-state index contributed by atoms with van der Waals surface area (Å²) in [5, 5.41) is 7.84. The van der Waals surface area contributed by atoms with Crippen LogP contribution in [0, 0.1) is 17.6 Å². The zero-order valence-corrected chi connectivity index (χ0v) is 20.6. The summed E-state index contributed by atoms with van der Waals surface area (Å²) in [6, 6.07) is 7.91. The lowest BCUT2D eigenvalue weighted by molar-refractivity contribution is -0.129. The van der Waals surface area contributed by atoms with Crippen LogP contribution in [0.2, 0.25) is 19.6 Å². The topological polar surface area (TPSA) is 96.5 Å². The van der Waals surface area contributed by atoms with Gasteiger partial charge in [-0.05, 0) is 23.3 Å². The van der Waals surface area contributed by atoms with E-state index in [0.717, 1.165) is 17.7 Å². The van der Waals surface area contributed by atoms with E-state index >= 15 is 0 Å². The number of carbonyl (C=O) groups is 3. The maximum absolute atomic E-state index is 14.7. The summed E-state index contributed by atoms with van der Waals surface area (Å²) in [6.07, 6.45) is 0.0293. The van der Waals surface area contributed by atoms with E-state index in [1.807, 2.05) is 19.6 Å². The van der Waals surface area contributed by atoms with Crippen molar-refractivity contribution in [3.8, 4) is 0 Å². The van der Waals surface area contributed by atoms with Crippen LogP contribution in [0.5, 0.6) is 0 Å². The second-order valence-electron chi connectivity index (χ2n) is 9.38. The number of amides is 3. The van der Waals surface area contributed by atoms with Crippen molar-refractivity contribution in [2.24, 2.45) is 5.92 Å². The second kappa shape index (κ2) is 10.4. The Morgan fingerprint density at radius 2 is 1.76 bits per heavy atom. The van der Waals surface area contributed by atoms with Gasteiger partial charge in [0.05, 0.1) is 20.6 Å². The van der Waals surface area contributed by atoms with E-state index in [2.05, 4.69) is 16.0 Å². The average Bonchev–Trinajstić information content (AvgIpc) is 3.17. The predicted molar refractivity (Wildman–Crippen MR) is 127 cm³/mol. The molecule has 34 heavy (non-hydrogen) atoms. The van der Waals surface area contributed by atoms with Crippen LogP contribution in [-0.2, 0) is 25.7 Å². The van der Waals surface area contributed by atoms with Crippen LogP contribution < -0.4 is 21.1 Å². The normalized spacial score (nSPS) is 16.6. The van der Waals surface area contributed by atoms with Crippen molar-refractivity contribution in [1.29, 1.82) is 0 Å². The Balaban J connectivity index is 1.87. The van der Waals surface area contributed by atoms with Gasteiger partial charge in [0, 0.05) is 30.9 Å². The van der Waals surface area contributed by atoms with Crippen molar-refractivity contribution < 1.29 is 27.9 Å². The Morgan fingerprint density at radius 1 is 1.15 bits per heavy atom. The lowest BCUT2D eigenvalue weighted by atomic mass is 10.0. The lowest BCUT2D eigenvalue weighted by Crippen LogP contribution is -2.43. The molecule has 0 spiro atoms. The van der Waals surface area contributed by atoms with Crippen LogP contribution in [0.4, 0.5) is 14.5 Å². The van der Waals surface area contributed by atoms with Crippen LogP contribution in [0.1, 0.15) is 23.6 Å². The van der Waals surface area contributed by atoms with Gasteiger partial charge in [-0.1, -0.05) is 43.9 Å². The van der Waals surface area contributed by atoms with Crippen LogP contribution in [-0.4, -0.2) is 39.4 Å². The molecule has 0 unspecified atom stereocenters. The Kier molecular flexibility index (Phi) is 7.83. The van der Waals surface area contributed by atoms with Gasteiger partial charge in [0.1, 0.15) is 17.7 Å².